The topological polar surface area (TPSA) is 50.1 Å². The molecular formula is C10H25N3S2. The molecule has 0 aliphatic rings. The highest BCUT2D eigenvalue weighted by Gasteiger charge is 2.01. The molecule has 0 radical (unpaired) electrons. The molecule has 0 aliphatic carbocycles. The molecule has 0 bridgehead atoms. The number of hydrogen-bond acceptors (Lipinski definition) is 5. The zero-order chi connectivity index (χ0) is 11.4. The number of nitrogens with two attached hydrogens (primary N) is 1. The summed E-state index contributed by atoms with van der Waals surface area (Å²) in [6.45, 7) is 4.75. The minimum atomic E-state index is 0.485. The molecule has 0 heterocycles. The summed E-state index contributed by atoms with van der Waals surface area (Å²) in [5.41, 5.74) is 5.37. The third-order valence-electron chi connectivity index (χ3n) is 2.14. The van der Waals surface area contributed by atoms with E-state index in [9.17, 15) is 0 Å². The lowest BCUT2D eigenvalue weighted by atomic mass is 10.2. The normalized spacial score (nSPS) is 13.0. The minimum Gasteiger partial charge on any atom is -0.329 e. The fourth-order valence-corrected chi connectivity index (χ4v) is 1.65. The highest BCUT2D eigenvalue weighted by molar-refractivity contribution is 7.81. The van der Waals surface area contributed by atoms with E-state index in [0.29, 0.717) is 11.8 Å². The quantitative estimate of drug-likeness (QED) is 0.275. The van der Waals surface area contributed by atoms with Crippen molar-refractivity contribution < 1.29 is 0 Å². The van der Waals surface area contributed by atoms with Crippen molar-refractivity contribution in [3.8, 4) is 0 Å². The van der Waals surface area contributed by atoms with Crippen LogP contribution in [0.25, 0.3) is 0 Å². The average molecular weight is 251 g/mol. The summed E-state index contributed by atoms with van der Waals surface area (Å²) in [6, 6.07) is 0. The Kier molecular flexibility index (Phi) is 13.1. The SMILES string of the molecule is NCCNCCC(S)CCNCCCS. The maximum absolute atomic E-state index is 5.37. The molecule has 0 spiro atoms. The molecule has 1 unspecified atom stereocenters. The molecule has 1 atom stereocenters. The van der Waals surface area contributed by atoms with Crippen LogP contribution in [0.2, 0.25) is 0 Å². The van der Waals surface area contributed by atoms with Gasteiger partial charge in [-0.3, -0.25) is 0 Å². The van der Waals surface area contributed by atoms with E-state index < -0.39 is 0 Å². The molecule has 0 aromatic rings. The second-order valence-electron chi connectivity index (χ2n) is 3.60. The molecule has 0 saturated carbocycles. The van der Waals surface area contributed by atoms with Gasteiger partial charge < -0.3 is 16.4 Å². The first-order chi connectivity index (χ1) is 7.31. The van der Waals surface area contributed by atoms with E-state index >= 15 is 0 Å². The monoisotopic (exact) mass is 251 g/mol. The standard InChI is InChI=1S/C10H25N3S2/c11-4-8-13-7-3-10(15)2-6-12-5-1-9-14/h10,12-15H,1-9,11H2. The molecule has 92 valence electrons. The Morgan fingerprint density at radius 3 is 2.13 bits per heavy atom. The summed E-state index contributed by atoms with van der Waals surface area (Å²) in [4.78, 5) is 0. The van der Waals surface area contributed by atoms with E-state index in [1.54, 1.807) is 0 Å². The van der Waals surface area contributed by atoms with Gasteiger partial charge in [-0.1, -0.05) is 0 Å². The maximum Gasteiger partial charge on any atom is 0.00745 e. The van der Waals surface area contributed by atoms with Crippen molar-refractivity contribution in [1.82, 2.24) is 10.6 Å². The molecule has 3 nitrogen and oxygen atoms in total. The Hall–Kier alpha value is 0.580. The van der Waals surface area contributed by atoms with Crippen LogP contribution in [-0.2, 0) is 0 Å². The van der Waals surface area contributed by atoms with Crippen LogP contribution in [0.4, 0.5) is 0 Å². The summed E-state index contributed by atoms with van der Waals surface area (Å²) in [5.74, 6) is 0.959. The van der Waals surface area contributed by atoms with Crippen LogP contribution < -0.4 is 16.4 Å². The lowest BCUT2D eigenvalue weighted by Crippen LogP contribution is -2.26. The van der Waals surface area contributed by atoms with E-state index in [1.807, 2.05) is 0 Å². The molecular weight excluding hydrogens is 226 g/mol. The third-order valence-corrected chi connectivity index (χ3v) is 2.97. The number of hydrogen-bond donors (Lipinski definition) is 5. The van der Waals surface area contributed by atoms with Crippen LogP contribution in [0.3, 0.4) is 0 Å². The van der Waals surface area contributed by atoms with Crippen LogP contribution >= 0.6 is 25.3 Å². The number of rotatable bonds is 11. The van der Waals surface area contributed by atoms with Gasteiger partial charge in [-0.05, 0) is 44.6 Å². The summed E-state index contributed by atoms with van der Waals surface area (Å²) < 4.78 is 0. The van der Waals surface area contributed by atoms with Crippen molar-refractivity contribution in [3.05, 3.63) is 0 Å². The average Bonchev–Trinajstić information content (AvgIpc) is 2.24. The van der Waals surface area contributed by atoms with Crippen LogP contribution in [0.1, 0.15) is 19.3 Å². The van der Waals surface area contributed by atoms with Gasteiger partial charge in [-0.25, -0.2) is 0 Å². The molecule has 0 fully saturated rings. The van der Waals surface area contributed by atoms with Crippen molar-refractivity contribution in [1.29, 1.82) is 0 Å². The maximum atomic E-state index is 5.37. The summed E-state index contributed by atoms with van der Waals surface area (Å²) in [5, 5.41) is 7.14. The zero-order valence-corrected chi connectivity index (χ0v) is 11.2. The second-order valence-corrected chi connectivity index (χ2v) is 4.77. The van der Waals surface area contributed by atoms with Crippen molar-refractivity contribution in [2.24, 2.45) is 5.73 Å². The van der Waals surface area contributed by atoms with Gasteiger partial charge in [-0.15, -0.1) is 0 Å². The first kappa shape index (κ1) is 15.6. The predicted molar refractivity (Wildman–Crippen MR) is 75.3 cm³/mol. The third kappa shape index (κ3) is 12.5. The first-order valence-electron chi connectivity index (χ1n) is 5.71. The Morgan fingerprint density at radius 2 is 1.60 bits per heavy atom. The Bertz CT molecular complexity index is 125. The molecule has 0 aromatic carbocycles. The fraction of sp³-hybridized carbons (Fsp3) is 1.00. The zero-order valence-electron chi connectivity index (χ0n) is 9.41. The van der Waals surface area contributed by atoms with Gasteiger partial charge in [0.15, 0.2) is 0 Å². The number of thiol groups is 2. The summed E-state index contributed by atoms with van der Waals surface area (Å²) in [6.07, 6.45) is 3.37. The predicted octanol–water partition coefficient (Wildman–Crippen LogP) is 0.523. The Morgan fingerprint density at radius 1 is 1.00 bits per heavy atom. The van der Waals surface area contributed by atoms with Crippen LogP contribution in [0.15, 0.2) is 0 Å². The van der Waals surface area contributed by atoms with Gasteiger partial charge in [-0.2, -0.15) is 25.3 Å². The highest BCUT2D eigenvalue weighted by Crippen LogP contribution is 2.04. The van der Waals surface area contributed by atoms with Crippen molar-refractivity contribution in [2.45, 2.75) is 24.5 Å². The summed E-state index contributed by atoms with van der Waals surface area (Å²) in [7, 11) is 0. The first-order valence-corrected chi connectivity index (χ1v) is 6.86. The van der Waals surface area contributed by atoms with Gasteiger partial charge in [0.25, 0.3) is 0 Å². The van der Waals surface area contributed by atoms with E-state index in [1.165, 1.54) is 0 Å². The van der Waals surface area contributed by atoms with Crippen molar-refractivity contribution in [2.75, 3.05) is 38.5 Å². The molecule has 4 N–H and O–H groups in total. The molecule has 0 amide bonds. The smallest absolute Gasteiger partial charge is 0.00745 e. The molecule has 15 heavy (non-hydrogen) atoms. The lowest BCUT2D eigenvalue weighted by molar-refractivity contribution is 0.585. The Labute approximate surface area is 105 Å². The van der Waals surface area contributed by atoms with Gasteiger partial charge in [0, 0.05) is 18.3 Å². The van der Waals surface area contributed by atoms with E-state index in [-0.39, 0.29) is 0 Å². The molecule has 0 aliphatic heterocycles. The summed E-state index contributed by atoms with van der Waals surface area (Å²) >= 11 is 8.69. The lowest BCUT2D eigenvalue weighted by Gasteiger charge is -2.11. The van der Waals surface area contributed by atoms with Crippen LogP contribution in [0, 0.1) is 0 Å². The van der Waals surface area contributed by atoms with Gasteiger partial charge in [0.2, 0.25) is 0 Å². The number of nitrogens with one attached hydrogen (secondary N) is 2. The van der Waals surface area contributed by atoms with Crippen molar-refractivity contribution in [3.63, 3.8) is 0 Å². The Balaban J connectivity index is 3.08. The van der Waals surface area contributed by atoms with E-state index in [2.05, 4.69) is 35.9 Å². The van der Waals surface area contributed by atoms with Gasteiger partial charge in [0.1, 0.15) is 0 Å². The van der Waals surface area contributed by atoms with Gasteiger partial charge in [0.05, 0.1) is 0 Å². The highest BCUT2D eigenvalue weighted by atomic mass is 32.1. The van der Waals surface area contributed by atoms with Crippen LogP contribution in [-0.4, -0.2) is 43.7 Å². The molecule has 0 rings (SSSR count). The van der Waals surface area contributed by atoms with Crippen molar-refractivity contribution >= 4 is 25.3 Å². The molecule has 5 heteroatoms. The van der Waals surface area contributed by atoms with Gasteiger partial charge >= 0.3 is 0 Å². The van der Waals surface area contributed by atoms with Crippen LogP contribution in [0.5, 0.6) is 0 Å². The fourth-order valence-electron chi connectivity index (χ4n) is 1.24. The largest absolute Gasteiger partial charge is 0.329 e. The second kappa shape index (κ2) is 12.6. The van der Waals surface area contributed by atoms with E-state index in [0.717, 1.165) is 51.2 Å². The minimum absolute atomic E-state index is 0.485. The molecule has 0 saturated heterocycles. The van der Waals surface area contributed by atoms with E-state index in [4.69, 9.17) is 5.73 Å². The molecule has 0 aromatic heterocycles.